The highest BCUT2D eigenvalue weighted by atomic mass is 16.4. The summed E-state index contributed by atoms with van der Waals surface area (Å²) in [5.41, 5.74) is 0.972. The largest absolute Gasteiger partial charge is 0.481 e. The Bertz CT molecular complexity index is 449. The third kappa shape index (κ3) is 3.32. The van der Waals surface area contributed by atoms with Gasteiger partial charge in [-0.2, -0.15) is 0 Å². The molecule has 0 bridgehead atoms. The number of carboxylic acids is 1. The molecule has 1 amide bonds. The summed E-state index contributed by atoms with van der Waals surface area (Å²) >= 11 is 0. The highest BCUT2D eigenvalue weighted by Gasteiger charge is 2.33. The van der Waals surface area contributed by atoms with Crippen molar-refractivity contribution < 1.29 is 14.7 Å². The Balaban J connectivity index is 2.89. The van der Waals surface area contributed by atoms with Gasteiger partial charge in [-0.15, -0.1) is 0 Å². The van der Waals surface area contributed by atoms with E-state index in [1.165, 1.54) is 4.90 Å². The Morgan fingerprint density at radius 3 is 2.17 bits per heavy atom. The maximum Gasteiger partial charge on any atom is 0.304 e. The minimum atomic E-state index is -0.967. The van der Waals surface area contributed by atoms with E-state index >= 15 is 0 Å². The summed E-state index contributed by atoms with van der Waals surface area (Å²) in [6.45, 7) is 5.27. The van der Waals surface area contributed by atoms with E-state index in [1.54, 1.807) is 20.9 Å². The summed E-state index contributed by atoms with van der Waals surface area (Å²) in [6.07, 6.45) is -0.179. The van der Waals surface area contributed by atoms with Gasteiger partial charge in [0.05, 0.1) is 11.8 Å². The maximum absolute atomic E-state index is 12.2. The van der Waals surface area contributed by atoms with Crippen LogP contribution < -0.4 is 4.90 Å². The second-order valence-electron chi connectivity index (χ2n) is 5.15. The van der Waals surface area contributed by atoms with Gasteiger partial charge in [0.2, 0.25) is 5.91 Å². The molecule has 0 saturated heterocycles. The van der Waals surface area contributed by atoms with Crippen molar-refractivity contribution in [2.75, 3.05) is 11.9 Å². The molecule has 4 heteroatoms. The first kappa shape index (κ1) is 14.2. The summed E-state index contributed by atoms with van der Waals surface area (Å²) in [6, 6.07) is 7.54. The van der Waals surface area contributed by atoms with Crippen LogP contribution in [0.25, 0.3) is 0 Å². The first-order valence-electron chi connectivity index (χ1n) is 5.80. The lowest BCUT2D eigenvalue weighted by Gasteiger charge is -2.28. The molecule has 1 N–H and O–H groups in total. The van der Waals surface area contributed by atoms with Gasteiger partial charge in [0, 0.05) is 12.7 Å². The van der Waals surface area contributed by atoms with Crippen LogP contribution in [0.2, 0.25) is 0 Å². The molecule has 0 aliphatic rings. The molecule has 0 saturated carbocycles. The zero-order valence-electron chi connectivity index (χ0n) is 11.2. The molecule has 0 heterocycles. The fourth-order valence-electron chi connectivity index (χ4n) is 1.79. The fraction of sp³-hybridized carbons (Fsp3) is 0.429. The predicted octanol–water partition coefficient (Wildman–Crippen LogP) is 2.46. The topological polar surface area (TPSA) is 57.6 Å². The summed E-state index contributed by atoms with van der Waals surface area (Å²) < 4.78 is 0. The Morgan fingerprint density at radius 1 is 1.22 bits per heavy atom. The van der Waals surface area contributed by atoms with E-state index in [1.807, 2.05) is 31.2 Å². The molecule has 98 valence electrons. The van der Waals surface area contributed by atoms with Gasteiger partial charge in [0.25, 0.3) is 0 Å². The smallest absolute Gasteiger partial charge is 0.304 e. The van der Waals surface area contributed by atoms with Crippen LogP contribution in [0.1, 0.15) is 25.8 Å². The van der Waals surface area contributed by atoms with E-state index < -0.39 is 11.4 Å². The highest BCUT2D eigenvalue weighted by molar-refractivity contribution is 5.98. The lowest BCUT2D eigenvalue weighted by Crippen LogP contribution is -2.39. The lowest BCUT2D eigenvalue weighted by molar-refractivity contribution is -0.143. The minimum absolute atomic E-state index is 0.179. The van der Waals surface area contributed by atoms with E-state index in [-0.39, 0.29) is 12.3 Å². The molecule has 1 rings (SSSR count). The molecule has 0 spiro atoms. The molecule has 0 aromatic heterocycles. The predicted molar refractivity (Wildman–Crippen MR) is 70.6 cm³/mol. The first-order chi connectivity index (χ1) is 8.24. The number of hydrogen-bond donors (Lipinski definition) is 1. The quantitative estimate of drug-likeness (QED) is 0.891. The average molecular weight is 249 g/mol. The summed E-state index contributed by atoms with van der Waals surface area (Å²) in [5.74, 6) is -1.17. The Hall–Kier alpha value is -1.84. The Kier molecular flexibility index (Phi) is 4.11. The van der Waals surface area contributed by atoms with Crippen molar-refractivity contribution in [1.29, 1.82) is 0 Å². The number of carbonyl (C=O) groups excluding carboxylic acids is 1. The molecule has 0 aliphatic heterocycles. The molecule has 0 fully saturated rings. The van der Waals surface area contributed by atoms with E-state index in [0.29, 0.717) is 0 Å². The standard InChI is InChI=1S/C14H19NO3/c1-10-5-7-11(8-6-10)15(4)13(18)14(2,3)9-12(16)17/h5-8H,9H2,1-4H3,(H,16,17). The number of amides is 1. The number of carbonyl (C=O) groups is 2. The van der Waals surface area contributed by atoms with Crippen molar-refractivity contribution in [3.8, 4) is 0 Å². The van der Waals surface area contributed by atoms with Crippen LogP contribution in [0.5, 0.6) is 0 Å². The van der Waals surface area contributed by atoms with E-state index in [2.05, 4.69) is 0 Å². The van der Waals surface area contributed by atoms with Crippen molar-refractivity contribution in [3.05, 3.63) is 29.8 Å². The SMILES string of the molecule is Cc1ccc(N(C)C(=O)C(C)(C)CC(=O)O)cc1. The van der Waals surface area contributed by atoms with Crippen molar-refractivity contribution >= 4 is 17.6 Å². The van der Waals surface area contributed by atoms with Gasteiger partial charge in [0.1, 0.15) is 0 Å². The molecular formula is C14H19NO3. The van der Waals surface area contributed by atoms with E-state index in [9.17, 15) is 9.59 Å². The number of carboxylic acid groups (broad SMARTS) is 1. The third-order valence-electron chi connectivity index (χ3n) is 2.90. The summed E-state index contributed by atoms with van der Waals surface area (Å²) in [7, 11) is 1.66. The van der Waals surface area contributed by atoms with Crippen LogP contribution in [-0.2, 0) is 9.59 Å². The van der Waals surface area contributed by atoms with Crippen LogP contribution >= 0.6 is 0 Å². The second-order valence-corrected chi connectivity index (χ2v) is 5.15. The van der Waals surface area contributed by atoms with Gasteiger partial charge in [0.15, 0.2) is 0 Å². The van der Waals surface area contributed by atoms with Crippen molar-refractivity contribution in [3.63, 3.8) is 0 Å². The van der Waals surface area contributed by atoms with Gasteiger partial charge in [-0.1, -0.05) is 31.5 Å². The molecule has 1 aromatic carbocycles. The number of aliphatic carboxylic acids is 1. The Morgan fingerprint density at radius 2 is 1.72 bits per heavy atom. The van der Waals surface area contributed by atoms with E-state index in [4.69, 9.17) is 5.11 Å². The number of benzene rings is 1. The molecule has 0 aliphatic carbocycles. The monoisotopic (exact) mass is 249 g/mol. The number of anilines is 1. The first-order valence-corrected chi connectivity index (χ1v) is 5.80. The fourth-order valence-corrected chi connectivity index (χ4v) is 1.79. The number of hydrogen-bond acceptors (Lipinski definition) is 2. The van der Waals surface area contributed by atoms with Gasteiger partial charge in [-0.3, -0.25) is 9.59 Å². The van der Waals surface area contributed by atoms with Crippen LogP contribution in [0.4, 0.5) is 5.69 Å². The lowest BCUT2D eigenvalue weighted by atomic mass is 9.87. The van der Waals surface area contributed by atoms with E-state index in [0.717, 1.165) is 11.3 Å². The molecule has 4 nitrogen and oxygen atoms in total. The summed E-state index contributed by atoms with van der Waals surface area (Å²) in [4.78, 5) is 24.5. The van der Waals surface area contributed by atoms with Crippen LogP contribution in [0.15, 0.2) is 24.3 Å². The van der Waals surface area contributed by atoms with Crippen molar-refractivity contribution in [2.24, 2.45) is 5.41 Å². The molecule has 0 unspecified atom stereocenters. The van der Waals surface area contributed by atoms with Crippen LogP contribution in [0.3, 0.4) is 0 Å². The Labute approximate surface area is 107 Å². The molecule has 1 aromatic rings. The molecular weight excluding hydrogens is 230 g/mol. The van der Waals surface area contributed by atoms with Gasteiger partial charge >= 0.3 is 5.97 Å². The number of nitrogens with zero attached hydrogens (tertiary/aromatic N) is 1. The zero-order chi connectivity index (χ0) is 13.9. The van der Waals surface area contributed by atoms with Gasteiger partial charge in [-0.05, 0) is 19.1 Å². The van der Waals surface area contributed by atoms with Gasteiger partial charge < -0.3 is 10.0 Å². The number of aryl methyl sites for hydroxylation is 1. The van der Waals surface area contributed by atoms with Crippen LogP contribution in [-0.4, -0.2) is 24.0 Å². The normalized spacial score (nSPS) is 11.1. The maximum atomic E-state index is 12.2. The highest BCUT2D eigenvalue weighted by Crippen LogP contribution is 2.26. The second kappa shape index (κ2) is 5.21. The molecule has 18 heavy (non-hydrogen) atoms. The van der Waals surface area contributed by atoms with Crippen molar-refractivity contribution in [1.82, 2.24) is 0 Å². The van der Waals surface area contributed by atoms with Crippen molar-refractivity contribution in [2.45, 2.75) is 27.2 Å². The zero-order valence-corrected chi connectivity index (χ0v) is 11.2. The number of rotatable bonds is 4. The minimum Gasteiger partial charge on any atom is -0.481 e. The summed E-state index contributed by atoms with van der Waals surface area (Å²) in [5, 5.41) is 8.82. The average Bonchev–Trinajstić information content (AvgIpc) is 2.26. The molecule has 0 atom stereocenters. The van der Waals surface area contributed by atoms with Crippen LogP contribution in [0, 0.1) is 12.3 Å². The molecule has 0 radical (unpaired) electrons. The van der Waals surface area contributed by atoms with Gasteiger partial charge in [-0.25, -0.2) is 0 Å². The third-order valence-corrected chi connectivity index (χ3v) is 2.90.